The monoisotopic (exact) mass is 245 g/mol. The normalized spacial score (nSPS) is 11.9. The average molecular weight is 245 g/mol. The number of hydrogen-bond donors (Lipinski definition) is 2. The molecular formula is C13H15N3O2. The van der Waals surface area contributed by atoms with E-state index < -0.39 is 0 Å². The zero-order valence-corrected chi connectivity index (χ0v) is 10.1. The van der Waals surface area contributed by atoms with Gasteiger partial charge in [0.2, 0.25) is 11.8 Å². The third-order valence-corrected chi connectivity index (χ3v) is 2.53. The van der Waals surface area contributed by atoms with Crippen LogP contribution in [-0.4, -0.2) is 28.8 Å². The van der Waals surface area contributed by atoms with Crippen molar-refractivity contribution in [3.05, 3.63) is 48.2 Å². The van der Waals surface area contributed by atoms with E-state index >= 15 is 0 Å². The third-order valence-electron chi connectivity index (χ3n) is 2.53. The summed E-state index contributed by atoms with van der Waals surface area (Å²) in [5, 5.41) is 12.5. The van der Waals surface area contributed by atoms with Crippen molar-refractivity contribution in [2.45, 2.75) is 6.04 Å². The number of aliphatic hydroxyl groups excluding tert-OH is 1. The SMILES string of the molecule is COc1ccnc(NC(CO)c2ccccc2)n1. The summed E-state index contributed by atoms with van der Waals surface area (Å²) in [5.74, 6) is 0.912. The second-order valence-corrected chi connectivity index (χ2v) is 3.71. The number of nitrogens with one attached hydrogen (secondary N) is 1. The van der Waals surface area contributed by atoms with E-state index in [4.69, 9.17) is 4.74 Å². The lowest BCUT2D eigenvalue weighted by molar-refractivity contribution is 0.275. The molecule has 0 spiro atoms. The Balaban J connectivity index is 2.15. The molecule has 1 unspecified atom stereocenters. The van der Waals surface area contributed by atoms with Gasteiger partial charge in [-0.1, -0.05) is 30.3 Å². The fourth-order valence-electron chi connectivity index (χ4n) is 1.60. The predicted octanol–water partition coefficient (Wildman–Crippen LogP) is 1.63. The Morgan fingerprint density at radius 1 is 1.28 bits per heavy atom. The zero-order valence-electron chi connectivity index (χ0n) is 10.1. The Bertz CT molecular complexity index is 491. The van der Waals surface area contributed by atoms with Crippen molar-refractivity contribution >= 4 is 5.95 Å². The molecule has 94 valence electrons. The van der Waals surface area contributed by atoms with E-state index in [0.29, 0.717) is 11.8 Å². The number of rotatable bonds is 5. The van der Waals surface area contributed by atoms with Crippen LogP contribution in [0.3, 0.4) is 0 Å². The predicted molar refractivity (Wildman–Crippen MR) is 68.5 cm³/mol. The summed E-state index contributed by atoms with van der Waals surface area (Å²) in [6.45, 7) is -0.0371. The molecule has 0 radical (unpaired) electrons. The van der Waals surface area contributed by atoms with Crippen LogP contribution in [-0.2, 0) is 0 Å². The Kier molecular flexibility index (Phi) is 4.09. The summed E-state index contributed by atoms with van der Waals surface area (Å²) in [5.41, 5.74) is 0.978. The Morgan fingerprint density at radius 3 is 2.72 bits per heavy atom. The van der Waals surface area contributed by atoms with E-state index in [9.17, 15) is 5.11 Å². The van der Waals surface area contributed by atoms with Crippen LogP contribution >= 0.6 is 0 Å². The maximum atomic E-state index is 9.42. The Hall–Kier alpha value is -2.14. The number of hydrogen-bond acceptors (Lipinski definition) is 5. The maximum absolute atomic E-state index is 9.42. The molecule has 0 saturated carbocycles. The average Bonchev–Trinajstić information content (AvgIpc) is 2.46. The number of methoxy groups -OCH3 is 1. The van der Waals surface area contributed by atoms with Gasteiger partial charge in [-0.3, -0.25) is 0 Å². The van der Waals surface area contributed by atoms with E-state index in [1.54, 1.807) is 19.4 Å². The molecule has 0 aliphatic rings. The molecule has 0 aliphatic heterocycles. The van der Waals surface area contributed by atoms with Gasteiger partial charge in [0.1, 0.15) is 0 Å². The second kappa shape index (κ2) is 5.97. The van der Waals surface area contributed by atoms with Crippen molar-refractivity contribution in [2.75, 3.05) is 19.0 Å². The lowest BCUT2D eigenvalue weighted by Gasteiger charge is -2.16. The van der Waals surface area contributed by atoms with Gasteiger partial charge in [-0.2, -0.15) is 4.98 Å². The highest BCUT2D eigenvalue weighted by atomic mass is 16.5. The second-order valence-electron chi connectivity index (χ2n) is 3.71. The van der Waals surface area contributed by atoms with Crippen molar-refractivity contribution in [3.8, 4) is 5.88 Å². The topological polar surface area (TPSA) is 67.3 Å². The van der Waals surface area contributed by atoms with E-state index in [1.807, 2.05) is 30.3 Å². The lowest BCUT2D eigenvalue weighted by Crippen LogP contribution is -2.16. The summed E-state index contributed by atoms with van der Waals surface area (Å²) in [6.07, 6.45) is 1.60. The van der Waals surface area contributed by atoms with Crippen molar-refractivity contribution < 1.29 is 9.84 Å². The summed E-state index contributed by atoms with van der Waals surface area (Å²) in [7, 11) is 1.55. The summed E-state index contributed by atoms with van der Waals surface area (Å²) >= 11 is 0. The maximum Gasteiger partial charge on any atom is 0.226 e. The summed E-state index contributed by atoms with van der Waals surface area (Å²) in [6, 6.07) is 11.1. The molecule has 1 aromatic carbocycles. The minimum absolute atomic E-state index is 0.0371. The first kappa shape index (κ1) is 12.3. The minimum Gasteiger partial charge on any atom is -0.481 e. The lowest BCUT2D eigenvalue weighted by atomic mass is 10.1. The fourth-order valence-corrected chi connectivity index (χ4v) is 1.60. The standard InChI is InChI=1S/C13H15N3O2/c1-18-12-7-8-14-13(16-12)15-11(9-17)10-5-3-2-4-6-10/h2-8,11,17H,9H2,1H3,(H,14,15,16). The molecule has 2 rings (SSSR count). The van der Waals surface area contributed by atoms with Gasteiger partial charge in [0.25, 0.3) is 0 Å². The molecule has 1 heterocycles. The number of aromatic nitrogens is 2. The number of ether oxygens (including phenoxy) is 1. The van der Waals surface area contributed by atoms with Crippen LogP contribution in [0.4, 0.5) is 5.95 Å². The van der Waals surface area contributed by atoms with Gasteiger partial charge in [-0.15, -0.1) is 0 Å². The van der Waals surface area contributed by atoms with Crippen LogP contribution in [0.1, 0.15) is 11.6 Å². The highest BCUT2D eigenvalue weighted by Gasteiger charge is 2.11. The smallest absolute Gasteiger partial charge is 0.226 e. The fraction of sp³-hybridized carbons (Fsp3) is 0.231. The van der Waals surface area contributed by atoms with Crippen LogP contribution < -0.4 is 10.1 Å². The number of benzene rings is 1. The van der Waals surface area contributed by atoms with Crippen molar-refractivity contribution in [1.82, 2.24) is 9.97 Å². The van der Waals surface area contributed by atoms with Crippen molar-refractivity contribution in [3.63, 3.8) is 0 Å². The Labute approximate surface area is 105 Å². The molecule has 2 N–H and O–H groups in total. The van der Waals surface area contributed by atoms with Crippen LogP contribution in [0.25, 0.3) is 0 Å². The number of aliphatic hydroxyl groups is 1. The van der Waals surface area contributed by atoms with E-state index in [1.165, 1.54) is 0 Å². The van der Waals surface area contributed by atoms with Crippen LogP contribution in [0.15, 0.2) is 42.6 Å². The van der Waals surface area contributed by atoms with E-state index in [2.05, 4.69) is 15.3 Å². The molecule has 2 aromatic rings. The molecule has 0 aliphatic carbocycles. The molecule has 1 atom stereocenters. The molecular weight excluding hydrogens is 230 g/mol. The van der Waals surface area contributed by atoms with Gasteiger partial charge in [0.05, 0.1) is 19.8 Å². The number of nitrogens with zero attached hydrogens (tertiary/aromatic N) is 2. The van der Waals surface area contributed by atoms with Gasteiger partial charge in [-0.05, 0) is 5.56 Å². The van der Waals surface area contributed by atoms with Crippen LogP contribution in [0, 0.1) is 0 Å². The molecule has 18 heavy (non-hydrogen) atoms. The molecule has 0 amide bonds. The first-order chi connectivity index (χ1) is 8.83. The van der Waals surface area contributed by atoms with E-state index in [0.717, 1.165) is 5.56 Å². The van der Waals surface area contributed by atoms with Gasteiger partial charge in [0.15, 0.2) is 0 Å². The minimum atomic E-state index is -0.238. The first-order valence-electron chi connectivity index (χ1n) is 5.63. The zero-order chi connectivity index (χ0) is 12.8. The van der Waals surface area contributed by atoms with Gasteiger partial charge in [0, 0.05) is 12.3 Å². The van der Waals surface area contributed by atoms with Crippen LogP contribution in [0.5, 0.6) is 5.88 Å². The largest absolute Gasteiger partial charge is 0.481 e. The molecule has 5 nitrogen and oxygen atoms in total. The summed E-state index contributed by atoms with van der Waals surface area (Å²) in [4.78, 5) is 8.24. The first-order valence-corrected chi connectivity index (χ1v) is 5.63. The third kappa shape index (κ3) is 2.95. The molecule has 0 bridgehead atoms. The highest BCUT2D eigenvalue weighted by Crippen LogP contribution is 2.17. The quantitative estimate of drug-likeness (QED) is 0.838. The number of anilines is 1. The molecule has 0 saturated heterocycles. The van der Waals surface area contributed by atoms with Gasteiger partial charge in [-0.25, -0.2) is 4.98 Å². The van der Waals surface area contributed by atoms with Crippen LogP contribution in [0.2, 0.25) is 0 Å². The van der Waals surface area contributed by atoms with E-state index in [-0.39, 0.29) is 12.6 Å². The molecule has 0 fully saturated rings. The molecule has 1 aromatic heterocycles. The van der Waals surface area contributed by atoms with Gasteiger partial charge >= 0.3 is 0 Å². The Morgan fingerprint density at radius 2 is 2.06 bits per heavy atom. The summed E-state index contributed by atoms with van der Waals surface area (Å²) < 4.78 is 5.02. The highest BCUT2D eigenvalue weighted by molar-refractivity contribution is 5.33. The van der Waals surface area contributed by atoms with Crippen molar-refractivity contribution in [2.24, 2.45) is 0 Å². The molecule has 5 heteroatoms. The van der Waals surface area contributed by atoms with Gasteiger partial charge < -0.3 is 15.2 Å². The van der Waals surface area contributed by atoms with Crippen molar-refractivity contribution in [1.29, 1.82) is 0 Å².